The summed E-state index contributed by atoms with van der Waals surface area (Å²) in [6.45, 7) is 8.01. The molecule has 0 radical (unpaired) electrons. The van der Waals surface area contributed by atoms with Gasteiger partial charge >= 0.3 is 0 Å². The minimum absolute atomic E-state index is 0.530. The molecule has 0 aliphatic heterocycles. The van der Waals surface area contributed by atoms with Crippen LogP contribution in [0.15, 0.2) is 33.9 Å². The molecule has 138 valence electrons. The van der Waals surface area contributed by atoms with E-state index in [2.05, 4.69) is 44.8 Å². The molecule has 3 heterocycles. The minimum Gasteiger partial charge on any atom is -0.361 e. The van der Waals surface area contributed by atoms with Gasteiger partial charge in [0.25, 0.3) is 0 Å². The summed E-state index contributed by atoms with van der Waals surface area (Å²) in [6, 6.07) is 5.84. The Morgan fingerprint density at radius 3 is 2.81 bits per heavy atom. The van der Waals surface area contributed by atoms with Crippen LogP contribution in [-0.4, -0.2) is 32.3 Å². The van der Waals surface area contributed by atoms with Gasteiger partial charge in [-0.1, -0.05) is 25.1 Å². The Kier molecular flexibility index (Phi) is 5.83. The fraction of sp³-hybridized carbons (Fsp3) is 0.444. The van der Waals surface area contributed by atoms with Gasteiger partial charge in [0.15, 0.2) is 17.4 Å². The third-order valence-electron chi connectivity index (χ3n) is 4.14. The smallest absolute Gasteiger partial charge is 0.191 e. The average Bonchev–Trinajstić information content (AvgIpc) is 3.27. The van der Waals surface area contributed by atoms with Crippen LogP contribution in [0.25, 0.3) is 5.65 Å². The molecule has 0 amide bonds. The molecule has 0 atom stereocenters. The van der Waals surface area contributed by atoms with Crippen LogP contribution >= 0.6 is 0 Å². The number of aromatic nitrogens is 4. The molecule has 0 aliphatic carbocycles. The maximum Gasteiger partial charge on any atom is 0.191 e. The summed E-state index contributed by atoms with van der Waals surface area (Å²) in [7, 11) is 0. The number of hydrogen-bond acceptors (Lipinski definition) is 5. The molecule has 0 aromatic carbocycles. The van der Waals surface area contributed by atoms with Gasteiger partial charge in [-0.3, -0.25) is 4.40 Å². The van der Waals surface area contributed by atoms with E-state index in [1.165, 1.54) is 0 Å². The molecule has 3 rings (SSSR count). The Labute approximate surface area is 152 Å². The van der Waals surface area contributed by atoms with Crippen LogP contribution in [0.3, 0.4) is 0 Å². The number of nitrogens with one attached hydrogen (secondary N) is 2. The number of rotatable bonds is 7. The van der Waals surface area contributed by atoms with E-state index in [4.69, 9.17) is 4.52 Å². The Morgan fingerprint density at radius 1 is 1.15 bits per heavy atom. The highest BCUT2D eigenvalue weighted by Crippen LogP contribution is 2.16. The molecular formula is C18H25N7O. The van der Waals surface area contributed by atoms with Crippen molar-refractivity contribution in [3.05, 3.63) is 47.2 Å². The zero-order valence-corrected chi connectivity index (χ0v) is 15.5. The molecule has 0 aliphatic rings. The summed E-state index contributed by atoms with van der Waals surface area (Å²) >= 11 is 0. The molecule has 3 aromatic rings. The summed E-state index contributed by atoms with van der Waals surface area (Å²) in [5.41, 5.74) is 2.89. The Bertz CT molecular complexity index is 859. The fourth-order valence-corrected chi connectivity index (χ4v) is 2.79. The summed E-state index contributed by atoms with van der Waals surface area (Å²) in [5.74, 6) is 2.47. The highest BCUT2D eigenvalue weighted by molar-refractivity contribution is 5.79. The van der Waals surface area contributed by atoms with Crippen LogP contribution in [0.2, 0.25) is 0 Å². The molecule has 0 fully saturated rings. The first kappa shape index (κ1) is 17.9. The number of hydrogen-bond donors (Lipinski definition) is 2. The van der Waals surface area contributed by atoms with Crippen molar-refractivity contribution < 1.29 is 4.52 Å². The standard InChI is InChI=1S/C18H25N7O/c1-4-14-13(15(5-2)26-24-14)11-20-18(19-6-3)21-12-17-23-22-16-9-7-8-10-25(16)17/h7-10H,4-6,11-12H2,1-3H3,(H2,19,20,21). The van der Waals surface area contributed by atoms with Gasteiger partial charge in [-0.15, -0.1) is 10.2 Å². The molecule has 0 saturated heterocycles. The molecule has 0 saturated carbocycles. The highest BCUT2D eigenvalue weighted by atomic mass is 16.5. The van der Waals surface area contributed by atoms with Crippen molar-refractivity contribution in [3.8, 4) is 0 Å². The van der Waals surface area contributed by atoms with Crippen LogP contribution in [0.1, 0.15) is 43.6 Å². The largest absolute Gasteiger partial charge is 0.361 e. The van der Waals surface area contributed by atoms with Crippen LogP contribution in [0.4, 0.5) is 0 Å². The average molecular weight is 355 g/mol. The number of pyridine rings is 1. The number of guanidine groups is 1. The number of nitrogens with zero attached hydrogens (tertiary/aromatic N) is 5. The maximum absolute atomic E-state index is 5.41. The van der Waals surface area contributed by atoms with Gasteiger partial charge in [-0.25, -0.2) is 4.99 Å². The second-order valence-corrected chi connectivity index (χ2v) is 5.83. The lowest BCUT2D eigenvalue weighted by atomic mass is 10.1. The lowest BCUT2D eigenvalue weighted by molar-refractivity contribution is 0.380. The van der Waals surface area contributed by atoms with E-state index in [1.54, 1.807) is 0 Å². The summed E-state index contributed by atoms with van der Waals surface area (Å²) in [5, 5.41) is 19.1. The minimum atomic E-state index is 0.530. The molecule has 8 heteroatoms. The summed E-state index contributed by atoms with van der Waals surface area (Å²) < 4.78 is 7.37. The Morgan fingerprint density at radius 2 is 2.04 bits per heavy atom. The zero-order chi connectivity index (χ0) is 18.4. The van der Waals surface area contributed by atoms with Crippen molar-refractivity contribution in [2.75, 3.05) is 6.54 Å². The van der Waals surface area contributed by atoms with Gasteiger partial charge in [-0.05, 0) is 25.5 Å². The summed E-state index contributed by atoms with van der Waals surface area (Å²) in [6.07, 6.45) is 3.60. The predicted octanol–water partition coefficient (Wildman–Crippen LogP) is 2.10. The highest BCUT2D eigenvalue weighted by Gasteiger charge is 2.13. The maximum atomic E-state index is 5.41. The van der Waals surface area contributed by atoms with Gasteiger partial charge in [0.2, 0.25) is 0 Å². The van der Waals surface area contributed by atoms with E-state index in [0.717, 1.165) is 53.8 Å². The second kappa shape index (κ2) is 8.46. The van der Waals surface area contributed by atoms with Gasteiger partial charge < -0.3 is 15.2 Å². The van der Waals surface area contributed by atoms with E-state index >= 15 is 0 Å². The van der Waals surface area contributed by atoms with Crippen molar-refractivity contribution in [2.24, 2.45) is 4.99 Å². The number of fused-ring (bicyclic) bond motifs is 1. The van der Waals surface area contributed by atoms with Crippen molar-refractivity contribution in [1.82, 2.24) is 30.4 Å². The topological polar surface area (TPSA) is 92.6 Å². The first-order chi connectivity index (χ1) is 12.8. The van der Waals surface area contributed by atoms with Crippen molar-refractivity contribution >= 4 is 11.6 Å². The Hall–Kier alpha value is -2.90. The van der Waals surface area contributed by atoms with Gasteiger partial charge in [0, 0.05) is 24.7 Å². The van der Waals surface area contributed by atoms with Gasteiger partial charge in [-0.2, -0.15) is 0 Å². The van der Waals surface area contributed by atoms with Crippen molar-refractivity contribution in [3.63, 3.8) is 0 Å². The first-order valence-corrected chi connectivity index (χ1v) is 9.03. The Balaban J connectivity index is 1.72. The molecule has 26 heavy (non-hydrogen) atoms. The quantitative estimate of drug-likeness (QED) is 0.498. The molecule has 8 nitrogen and oxygen atoms in total. The third-order valence-corrected chi connectivity index (χ3v) is 4.14. The van der Waals surface area contributed by atoms with Crippen LogP contribution < -0.4 is 10.6 Å². The molecule has 0 unspecified atom stereocenters. The van der Waals surface area contributed by atoms with Crippen molar-refractivity contribution in [2.45, 2.75) is 46.7 Å². The van der Waals surface area contributed by atoms with Gasteiger partial charge in [0.05, 0.1) is 18.8 Å². The van der Waals surface area contributed by atoms with E-state index in [1.807, 2.05) is 35.7 Å². The van der Waals surface area contributed by atoms with Crippen LogP contribution in [0.5, 0.6) is 0 Å². The SMILES string of the molecule is CCNC(=NCc1c(CC)noc1CC)NCc1nnc2ccccn12. The third kappa shape index (κ3) is 3.84. The predicted molar refractivity (Wildman–Crippen MR) is 99.9 cm³/mol. The van der Waals surface area contributed by atoms with Gasteiger partial charge in [0.1, 0.15) is 5.76 Å². The van der Waals surface area contributed by atoms with E-state index in [9.17, 15) is 0 Å². The van der Waals surface area contributed by atoms with Crippen molar-refractivity contribution in [1.29, 1.82) is 0 Å². The molecule has 3 aromatic heterocycles. The number of aryl methyl sites for hydroxylation is 2. The molecule has 2 N–H and O–H groups in total. The number of aliphatic imine (C=N–C) groups is 1. The fourth-order valence-electron chi connectivity index (χ4n) is 2.79. The second-order valence-electron chi connectivity index (χ2n) is 5.83. The molecule has 0 spiro atoms. The lowest BCUT2D eigenvalue weighted by Crippen LogP contribution is -2.37. The monoisotopic (exact) mass is 355 g/mol. The zero-order valence-electron chi connectivity index (χ0n) is 15.5. The normalized spacial score (nSPS) is 11.9. The molecular weight excluding hydrogens is 330 g/mol. The van der Waals surface area contributed by atoms with E-state index in [-0.39, 0.29) is 0 Å². The van der Waals surface area contributed by atoms with Crippen LogP contribution in [-0.2, 0) is 25.9 Å². The lowest BCUT2D eigenvalue weighted by Gasteiger charge is -2.10. The van der Waals surface area contributed by atoms with E-state index < -0.39 is 0 Å². The molecule has 0 bridgehead atoms. The first-order valence-electron chi connectivity index (χ1n) is 9.03. The van der Waals surface area contributed by atoms with Crippen LogP contribution in [0, 0.1) is 0 Å². The summed E-state index contributed by atoms with van der Waals surface area (Å²) in [4.78, 5) is 4.69. The van der Waals surface area contributed by atoms with E-state index in [0.29, 0.717) is 13.1 Å².